The third-order valence-corrected chi connectivity index (χ3v) is 11.5. The highest BCUT2D eigenvalue weighted by Gasteiger charge is 2.39. The molecule has 2 aromatic rings. The summed E-state index contributed by atoms with van der Waals surface area (Å²) in [7, 11) is 0. The van der Waals surface area contributed by atoms with Crippen LogP contribution in [0.3, 0.4) is 0 Å². The van der Waals surface area contributed by atoms with Crippen LogP contribution in [0.5, 0.6) is 0 Å². The van der Waals surface area contributed by atoms with E-state index in [1.165, 1.54) is 21.9 Å². The lowest BCUT2D eigenvalue weighted by Gasteiger charge is -2.35. The van der Waals surface area contributed by atoms with Gasteiger partial charge in [-0.1, -0.05) is 91.8 Å². The van der Waals surface area contributed by atoms with Crippen molar-refractivity contribution in [2.45, 2.75) is 19.3 Å². The predicted molar refractivity (Wildman–Crippen MR) is 108 cm³/mol. The van der Waals surface area contributed by atoms with Crippen LogP contribution >= 0.6 is 95.6 Å². The third-order valence-electron chi connectivity index (χ3n) is 3.56. The lowest BCUT2D eigenvalue weighted by Crippen LogP contribution is -2.29. The van der Waals surface area contributed by atoms with Gasteiger partial charge in [-0.25, -0.2) is 0 Å². The fraction of sp³-hybridized carbons (Fsp3) is 0.286. The zero-order valence-corrected chi connectivity index (χ0v) is 19.4. The molecular formula is C14H8Br6. The van der Waals surface area contributed by atoms with Gasteiger partial charge >= 0.3 is 0 Å². The average Bonchev–Trinajstić information content (AvgIpc) is 2.42. The maximum Gasteiger partial charge on any atom is 0.0546 e. The van der Waals surface area contributed by atoms with E-state index in [2.05, 4.69) is 120 Å². The van der Waals surface area contributed by atoms with Crippen molar-refractivity contribution in [1.82, 2.24) is 0 Å². The molecule has 0 aliphatic heterocycles. The van der Waals surface area contributed by atoms with E-state index in [4.69, 9.17) is 0 Å². The lowest BCUT2D eigenvalue weighted by molar-refractivity contribution is 0.727. The Bertz CT molecular complexity index is 683. The van der Waals surface area contributed by atoms with Crippen molar-refractivity contribution in [1.29, 1.82) is 0 Å². The Hall–Kier alpha value is 1.58. The Kier molecular flexibility index (Phi) is 5.12. The molecule has 3 rings (SSSR count). The van der Waals surface area contributed by atoms with Gasteiger partial charge < -0.3 is 0 Å². The topological polar surface area (TPSA) is 0 Å². The summed E-state index contributed by atoms with van der Waals surface area (Å²) in [6, 6.07) is 8.58. The Morgan fingerprint density at radius 3 is 2.20 bits per heavy atom. The van der Waals surface area contributed by atoms with Crippen LogP contribution in [0.25, 0.3) is 10.8 Å². The molecule has 0 fully saturated rings. The molecule has 0 nitrogen and oxygen atoms in total. The highest BCUT2D eigenvalue weighted by Crippen LogP contribution is 2.54. The quantitative estimate of drug-likeness (QED) is 0.255. The van der Waals surface area contributed by atoms with E-state index >= 15 is 0 Å². The summed E-state index contributed by atoms with van der Waals surface area (Å²) < 4.78 is 2.27. The van der Waals surface area contributed by atoms with Gasteiger partial charge in [0.1, 0.15) is 0 Å². The number of fused-ring (bicyclic) bond motifs is 2. The summed E-state index contributed by atoms with van der Waals surface area (Å²) in [5.74, 6) is 0. The van der Waals surface area contributed by atoms with Crippen LogP contribution in [0, 0.1) is 0 Å². The number of hydrogen-bond acceptors (Lipinski definition) is 0. The van der Waals surface area contributed by atoms with E-state index in [0.717, 1.165) is 8.95 Å². The lowest BCUT2D eigenvalue weighted by atomic mass is 9.89. The number of hydrogen-bond donors (Lipinski definition) is 0. The molecule has 0 spiro atoms. The second kappa shape index (κ2) is 6.23. The van der Waals surface area contributed by atoms with Crippen molar-refractivity contribution in [3.8, 4) is 0 Å². The van der Waals surface area contributed by atoms with Crippen molar-refractivity contribution in [2.75, 3.05) is 0 Å². The maximum absolute atomic E-state index is 3.84. The molecule has 0 aromatic heterocycles. The molecule has 0 radical (unpaired) electrons. The highest BCUT2D eigenvalue weighted by atomic mass is 79.9. The van der Waals surface area contributed by atoms with Crippen LogP contribution in [-0.2, 0) is 0 Å². The van der Waals surface area contributed by atoms with Crippen LogP contribution in [0.15, 0.2) is 33.2 Å². The minimum atomic E-state index is 0.251. The van der Waals surface area contributed by atoms with Gasteiger partial charge in [0.25, 0.3) is 0 Å². The first-order valence-electron chi connectivity index (χ1n) is 5.90. The molecule has 20 heavy (non-hydrogen) atoms. The van der Waals surface area contributed by atoms with Gasteiger partial charge in [-0.3, -0.25) is 0 Å². The minimum absolute atomic E-state index is 0.251. The van der Waals surface area contributed by atoms with Gasteiger partial charge in [-0.2, -0.15) is 0 Å². The Balaban J connectivity index is 2.39. The molecule has 0 amide bonds. The maximum atomic E-state index is 3.84. The monoisotopic (exact) mass is 650 g/mol. The van der Waals surface area contributed by atoms with E-state index in [0.29, 0.717) is 9.65 Å². The van der Waals surface area contributed by atoms with Gasteiger partial charge in [0.2, 0.25) is 0 Å². The first-order valence-corrected chi connectivity index (χ1v) is 11.1. The van der Waals surface area contributed by atoms with Crippen molar-refractivity contribution in [3.63, 3.8) is 0 Å². The molecule has 2 aromatic carbocycles. The summed E-state index contributed by atoms with van der Waals surface area (Å²) in [6.07, 6.45) is 0. The zero-order chi connectivity index (χ0) is 14.6. The number of benzene rings is 2. The van der Waals surface area contributed by atoms with Gasteiger partial charge in [0, 0.05) is 24.0 Å². The summed E-state index contributed by atoms with van der Waals surface area (Å²) in [4.78, 5) is 1.17. The Labute approximate surface area is 168 Å². The van der Waals surface area contributed by atoms with Crippen molar-refractivity contribution in [3.05, 3.63) is 44.3 Å². The number of halogens is 6. The normalized spacial score (nSPS) is 29.5. The number of alkyl halides is 4. The molecular weight excluding hydrogens is 648 g/mol. The smallest absolute Gasteiger partial charge is 0.0546 e. The molecule has 0 saturated carbocycles. The average molecular weight is 656 g/mol. The van der Waals surface area contributed by atoms with E-state index in [9.17, 15) is 0 Å². The summed E-state index contributed by atoms with van der Waals surface area (Å²) in [5, 5.41) is 2.46. The largest absolute Gasteiger partial charge is 0.0862 e. The molecule has 1 aliphatic carbocycles. The fourth-order valence-corrected chi connectivity index (χ4v) is 8.14. The van der Waals surface area contributed by atoms with Crippen molar-refractivity contribution < 1.29 is 0 Å². The summed E-state index contributed by atoms with van der Waals surface area (Å²) in [5.41, 5.74) is 2.63. The van der Waals surface area contributed by atoms with Crippen molar-refractivity contribution in [2.24, 2.45) is 0 Å². The van der Waals surface area contributed by atoms with E-state index in [1.807, 2.05) is 0 Å². The first-order chi connectivity index (χ1) is 9.43. The summed E-state index contributed by atoms with van der Waals surface area (Å²) >= 11 is 22.7. The van der Waals surface area contributed by atoms with Crippen LogP contribution < -0.4 is 0 Å². The van der Waals surface area contributed by atoms with Gasteiger partial charge in [0.05, 0.1) is 9.65 Å². The number of rotatable bonds is 0. The molecule has 106 valence electrons. The molecule has 0 saturated heterocycles. The molecule has 0 bridgehead atoms. The molecule has 4 unspecified atom stereocenters. The van der Waals surface area contributed by atoms with Crippen LogP contribution in [0.4, 0.5) is 0 Å². The highest BCUT2D eigenvalue weighted by molar-refractivity contribution is 9.14. The molecule has 4 atom stereocenters. The predicted octanol–water partition coefficient (Wildman–Crippen LogP) is 7.78. The van der Waals surface area contributed by atoms with E-state index in [-0.39, 0.29) is 9.65 Å². The Morgan fingerprint density at radius 2 is 1.50 bits per heavy atom. The Morgan fingerprint density at radius 1 is 0.850 bits per heavy atom. The minimum Gasteiger partial charge on any atom is -0.0862 e. The second-order valence-corrected chi connectivity index (χ2v) is 10.5. The van der Waals surface area contributed by atoms with Crippen LogP contribution in [0.2, 0.25) is 0 Å². The fourth-order valence-electron chi connectivity index (χ4n) is 2.56. The van der Waals surface area contributed by atoms with E-state index < -0.39 is 0 Å². The standard InChI is InChI=1S/C14H8Br6/c15-7-3-1-2-5-4-6-9(11(17)8(5)7)12(18)14(20)13(19)10(6)16/h1-4,10,12-14H. The van der Waals surface area contributed by atoms with Gasteiger partial charge in [0.15, 0.2) is 0 Å². The van der Waals surface area contributed by atoms with E-state index in [1.54, 1.807) is 0 Å². The zero-order valence-electron chi connectivity index (χ0n) is 9.89. The van der Waals surface area contributed by atoms with Gasteiger partial charge in [-0.05, 0) is 44.6 Å². The first kappa shape index (κ1) is 16.4. The van der Waals surface area contributed by atoms with Gasteiger partial charge in [-0.15, -0.1) is 0 Å². The third kappa shape index (κ3) is 2.54. The molecule has 0 heterocycles. The molecule has 6 heteroatoms. The summed E-state index contributed by atoms with van der Waals surface area (Å²) in [6.45, 7) is 0. The SMILES string of the molecule is Brc1cccc2cc3c(c(Br)c12)C(Br)C(Br)C(Br)C3Br. The molecule has 1 aliphatic rings. The second-order valence-electron chi connectivity index (χ2n) is 4.72. The van der Waals surface area contributed by atoms with Crippen LogP contribution in [0.1, 0.15) is 20.8 Å². The molecule has 0 N–H and O–H groups in total. The van der Waals surface area contributed by atoms with Crippen LogP contribution in [-0.4, -0.2) is 9.65 Å². The van der Waals surface area contributed by atoms with Crippen molar-refractivity contribution >= 4 is 106 Å².